The first-order valence-electron chi connectivity index (χ1n) is 11.3. The number of aromatic nitrogens is 2. The molecule has 0 aliphatic carbocycles. The number of anilines is 2. The first-order chi connectivity index (χ1) is 17.5. The molecule has 0 bridgehead atoms. The predicted octanol–water partition coefficient (Wildman–Crippen LogP) is 3.81. The van der Waals surface area contributed by atoms with Crippen molar-refractivity contribution in [1.82, 2.24) is 14.7 Å². The summed E-state index contributed by atoms with van der Waals surface area (Å²) in [6.07, 6.45) is 1.66. The highest BCUT2D eigenvalue weighted by Gasteiger charge is 2.37. The van der Waals surface area contributed by atoms with E-state index in [1.165, 1.54) is 29.2 Å². The number of hydrogen-bond donors (Lipinski definition) is 3. The molecule has 37 heavy (non-hydrogen) atoms. The zero-order chi connectivity index (χ0) is 26.9. The van der Waals surface area contributed by atoms with Crippen molar-refractivity contribution in [3.63, 3.8) is 0 Å². The number of primary amides is 1. The van der Waals surface area contributed by atoms with Crippen LogP contribution in [-0.4, -0.2) is 32.6 Å². The van der Waals surface area contributed by atoms with Gasteiger partial charge in [0, 0.05) is 22.8 Å². The standard InChI is InChI=1S/C26H25FN6O3S/c1-26(2,3)31-24(35)21(15-6-11-18-14(13-15)5-4-12-30-18)33(17-9-7-16(27)8-10-17)25(36)22-19(28)20(23(29)34)32-37-22/h4-13,21H,28H2,1-3H3,(H2,29,34)(H,31,35)/t21-/m1/s1. The van der Waals surface area contributed by atoms with Crippen LogP contribution in [0.4, 0.5) is 15.8 Å². The first kappa shape index (κ1) is 25.7. The second-order valence-corrected chi connectivity index (χ2v) is 10.2. The van der Waals surface area contributed by atoms with E-state index in [2.05, 4.69) is 14.7 Å². The summed E-state index contributed by atoms with van der Waals surface area (Å²) >= 11 is 0.696. The van der Waals surface area contributed by atoms with Gasteiger partial charge in [-0.25, -0.2) is 4.39 Å². The summed E-state index contributed by atoms with van der Waals surface area (Å²) in [6.45, 7) is 5.45. The minimum Gasteiger partial charge on any atom is -0.395 e. The molecule has 3 amide bonds. The molecule has 0 saturated heterocycles. The van der Waals surface area contributed by atoms with Crippen LogP contribution in [-0.2, 0) is 4.79 Å². The fraction of sp³-hybridized carbons (Fsp3) is 0.192. The third kappa shape index (κ3) is 5.41. The van der Waals surface area contributed by atoms with E-state index in [0.29, 0.717) is 22.6 Å². The molecule has 2 aromatic carbocycles. The molecule has 1 atom stereocenters. The highest BCUT2D eigenvalue weighted by molar-refractivity contribution is 7.09. The van der Waals surface area contributed by atoms with Crippen LogP contribution in [0.3, 0.4) is 0 Å². The van der Waals surface area contributed by atoms with Crippen LogP contribution in [0.2, 0.25) is 0 Å². The molecular formula is C26H25FN6O3S. The molecule has 2 aromatic heterocycles. The molecule has 11 heteroatoms. The summed E-state index contributed by atoms with van der Waals surface area (Å²) in [5.74, 6) is -2.58. The van der Waals surface area contributed by atoms with Gasteiger partial charge in [-0.05, 0) is 80.3 Å². The van der Waals surface area contributed by atoms with Gasteiger partial charge in [0.15, 0.2) is 5.69 Å². The van der Waals surface area contributed by atoms with Crippen molar-refractivity contribution < 1.29 is 18.8 Å². The monoisotopic (exact) mass is 520 g/mol. The average Bonchev–Trinajstić information content (AvgIpc) is 3.23. The summed E-state index contributed by atoms with van der Waals surface area (Å²) in [5, 5.41) is 3.69. The summed E-state index contributed by atoms with van der Waals surface area (Å²) < 4.78 is 17.8. The molecule has 0 unspecified atom stereocenters. The van der Waals surface area contributed by atoms with E-state index < -0.39 is 35.1 Å². The Morgan fingerprint density at radius 3 is 2.41 bits per heavy atom. The quantitative estimate of drug-likeness (QED) is 0.353. The summed E-state index contributed by atoms with van der Waals surface area (Å²) in [6, 6.07) is 12.8. The normalized spacial score (nSPS) is 12.2. The molecule has 0 spiro atoms. The molecule has 4 rings (SSSR count). The van der Waals surface area contributed by atoms with E-state index >= 15 is 0 Å². The van der Waals surface area contributed by atoms with Gasteiger partial charge >= 0.3 is 0 Å². The fourth-order valence-electron chi connectivity index (χ4n) is 3.84. The number of rotatable bonds is 6. The maximum Gasteiger partial charge on any atom is 0.273 e. The maximum atomic E-state index is 14.0. The topological polar surface area (TPSA) is 144 Å². The van der Waals surface area contributed by atoms with Crippen molar-refractivity contribution in [2.75, 3.05) is 10.6 Å². The van der Waals surface area contributed by atoms with Crippen LogP contribution in [0.25, 0.3) is 10.9 Å². The number of carbonyl (C=O) groups excluding carboxylic acids is 3. The molecule has 5 N–H and O–H groups in total. The minimum atomic E-state index is -1.19. The molecule has 4 aromatic rings. The average molecular weight is 521 g/mol. The van der Waals surface area contributed by atoms with Crippen molar-refractivity contribution in [2.24, 2.45) is 5.73 Å². The molecule has 0 aliphatic rings. The Morgan fingerprint density at radius 2 is 1.78 bits per heavy atom. The van der Waals surface area contributed by atoms with Crippen LogP contribution in [0.5, 0.6) is 0 Å². The molecular weight excluding hydrogens is 495 g/mol. The number of carbonyl (C=O) groups is 3. The lowest BCUT2D eigenvalue weighted by molar-refractivity contribution is -0.123. The zero-order valence-corrected chi connectivity index (χ0v) is 21.2. The third-order valence-electron chi connectivity index (χ3n) is 5.43. The van der Waals surface area contributed by atoms with E-state index in [1.807, 2.05) is 26.8 Å². The van der Waals surface area contributed by atoms with Gasteiger partial charge < -0.3 is 16.8 Å². The fourth-order valence-corrected chi connectivity index (χ4v) is 4.59. The van der Waals surface area contributed by atoms with E-state index in [1.54, 1.807) is 30.5 Å². The van der Waals surface area contributed by atoms with Crippen LogP contribution >= 0.6 is 11.5 Å². The third-order valence-corrected chi connectivity index (χ3v) is 6.28. The number of halogens is 1. The van der Waals surface area contributed by atoms with Crippen molar-refractivity contribution in [2.45, 2.75) is 32.4 Å². The Hall–Kier alpha value is -4.38. The second kappa shape index (κ2) is 9.94. The first-order valence-corrected chi connectivity index (χ1v) is 12.0. The maximum absolute atomic E-state index is 14.0. The number of nitrogen functional groups attached to an aromatic ring is 1. The van der Waals surface area contributed by atoms with Gasteiger partial charge in [-0.3, -0.25) is 24.3 Å². The van der Waals surface area contributed by atoms with Crippen LogP contribution in [0, 0.1) is 5.82 Å². The number of fused-ring (bicyclic) bond motifs is 1. The van der Waals surface area contributed by atoms with Gasteiger partial charge in [0.2, 0.25) is 5.91 Å². The van der Waals surface area contributed by atoms with Crippen molar-refractivity contribution in [3.05, 3.63) is 82.7 Å². The van der Waals surface area contributed by atoms with Gasteiger partial charge in [-0.15, -0.1) is 0 Å². The van der Waals surface area contributed by atoms with Gasteiger partial charge in [-0.2, -0.15) is 4.37 Å². The zero-order valence-electron chi connectivity index (χ0n) is 20.4. The Bertz CT molecular complexity index is 1500. The van der Waals surface area contributed by atoms with Gasteiger partial charge in [0.25, 0.3) is 11.8 Å². The van der Waals surface area contributed by atoms with Gasteiger partial charge in [0.1, 0.15) is 16.7 Å². The Kier molecular flexibility index (Phi) is 6.90. The lowest BCUT2D eigenvalue weighted by atomic mass is 9.98. The second-order valence-electron chi connectivity index (χ2n) is 9.39. The van der Waals surface area contributed by atoms with E-state index in [0.717, 1.165) is 5.39 Å². The van der Waals surface area contributed by atoms with Gasteiger partial charge in [0.05, 0.1) is 11.2 Å². The molecule has 0 fully saturated rings. The van der Waals surface area contributed by atoms with Crippen molar-refractivity contribution >= 4 is 51.5 Å². The smallest absolute Gasteiger partial charge is 0.273 e. The number of benzene rings is 2. The van der Waals surface area contributed by atoms with E-state index in [4.69, 9.17) is 11.5 Å². The molecule has 9 nitrogen and oxygen atoms in total. The minimum absolute atomic E-state index is 0.0749. The summed E-state index contributed by atoms with van der Waals surface area (Å²) in [4.78, 5) is 45.0. The number of hydrogen-bond acceptors (Lipinski definition) is 7. The van der Waals surface area contributed by atoms with E-state index in [-0.39, 0.29) is 21.9 Å². The summed E-state index contributed by atoms with van der Waals surface area (Å²) in [5.41, 5.74) is 11.8. The molecule has 2 heterocycles. The highest BCUT2D eigenvalue weighted by atomic mass is 32.1. The van der Waals surface area contributed by atoms with Crippen LogP contribution in [0.1, 0.15) is 52.5 Å². The molecule has 190 valence electrons. The van der Waals surface area contributed by atoms with E-state index in [9.17, 15) is 18.8 Å². The number of pyridine rings is 1. The number of nitrogens with one attached hydrogen (secondary N) is 1. The predicted molar refractivity (Wildman–Crippen MR) is 141 cm³/mol. The number of nitrogens with zero attached hydrogens (tertiary/aromatic N) is 3. The Morgan fingerprint density at radius 1 is 1.08 bits per heavy atom. The Labute approximate surface area is 216 Å². The lowest BCUT2D eigenvalue weighted by Gasteiger charge is -2.33. The van der Waals surface area contributed by atoms with Crippen LogP contribution < -0.4 is 21.7 Å². The molecule has 0 saturated carbocycles. The van der Waals surface area contributed by atoms with Crippen molar-refractivity contribution in [3.8, 4) is 0 Å². The SMILES string of the molecule is CC(C)(C)NC(=O)[C@@H](c1ccc2ncccc2c1)N(C(=O)c1snc(C(N)=O)c1N)c1ccc(F)cc1. The number of nitrogens with two attached hydrogens (primary N) is 2. The van der Waals surface area contributed by atoms with Gasteiger partial charge in [-0.1, -0.05) is 12.1 Å². The Balaban J connectivity index is 1.94. The largest absolute Gasteiger partial charge is 0.395 e. The van der Waals surface area contributed by atoms with Crippen LogP contribution in [0.15, 0.2) is 60.8 Å². The molecule has 0 aliphatic heterocycles. The highest BCUT2D eigenvalue weighted by Crippen LogP contribution is 2.34. The number of amides is 3. The molecule has 0 radical (unpaired) electrons. The summed E-state index contributed by atoms with van der Waals surface area (Å²) in [7, 11) is 0. The lowest BCUT2D eigenvalue weighted by Crippen LogP contribution is -2.49. The van der Waals surface area contributed by atoms with Crippen molar-refractivity contribution in [1.29, 1.82) is 0 Å².